The van der Waals surface area contributed by atoms with Crippen molar-refractivity contribution < 1.29 is 4.79 Å². The maximum atomic E-state index is 12.8. The number of nitrogens with one attached hydrogen (secondary N) is 1. The van der Waals surface area contributed by atoms with E-state index in [0.717, 1.165) is 36.9 Å². The molecule has 0 aliphatic carbocycles. The molecule has 2 rings (SSSR count). The van der Waals surface area contributed by atoms with Gasteiger partial charge in [-0.3, -0.25) is 4.79 Å². The third-order valence-electron chi connectivity index (χ3n) is 3.96. The minimum Gasteiger partial charge on any atom is -0.336 e. The van der Waals surface area contributed by atoms with Gasteiger partial charge in [0.2, 0.25) is 0 Å². The number of nitrogens with zero attached hydrogens (tertiary/aromatic N) is 1. The Balaban J connectivity index is 2.12. The van der Waals surface area contributed by atoms with Gasteiger partial charge in [0.15, 0.2) is 0 Å². The van der Waals surface area contributed by atoms with E-state index in [4.69, 9.17) is 11.6 Å². The van der Waals surface area contributed by atoms with Crippen molar-refractivity contribution in [1.82, 2.24) is 10.2 Å². The lowest BCUT2D eigenvalue weighted by molar-refractivity contribution is 0.0658. The molecular formula is C16H22BrClN2O. The quantitative estimate of drug-likeness (QED) is 0.866. The Hall–Kier alpha value is -0.580. The van der Waals surface area contributed by atoms with Crippen LogP contribution in [0.1, 0.15) is 37.0 Å². The van der Waals surface area contributed by atoms with Gasteiger partial charge >= 0.3 is 0 Å². The van der Waals surface area contributed by atoms with E-state index in [-0.39, 0.29) is 11.9 Å². The summed E-state index contributed by atoms with van der Waals surface area (Å²) in [6, 6.07) is 5.59. The Bertz CT molecular complexity index is 501. The average molecular weight is 374 g/mol. The summed E-state index contributed by atoms with van der Waals surface area (Å²) < 4.78 is 0.815. The van der Waals surface area contributed by atoms with Gasteiger partial charge in [-0.2, -0.15) is 0 Å². The normalized spacial score (nSPS) is 16.2. The summed E-state index contributed by atoms with van der Waals surface area (Å²) in [4.78, 5) is 14.7. The predicted octanol–water partition coefficient (Wildman–Crippen LogP) is 3.95. The van der Waals surface area contributed by atoms with Crippen LogP contribution in [0.5, 0.6) is 0 Å². The van der Waals surface area contributed by atoms with Crippen LogP contribution in [0.2, 0.25) is 5.02 Å². The fraction of sp³-hybridized carbons (Fsp3) is 0.562. The molecule has 1 aromatic carbocycles. The monoisotopic (exact) mass is 372 g/mol. The highest BCUT2D eigenvalue weighted by Crippen LogP contribution is 2.25. The molecule has 1 aliphatic rings. The van der Waals surface area contributed by atoms with E-state index in [1.165, 1.54) is 0 Å². The van der Waals surface area contributed by atoms with Gasteiger partial charge in [-0.25, -0.2) is 0 Å². The summed E-state index contributed by atoms with van der Waals surface area (Å²) in [5.41, 5.74) is 0.658. The van der Waals surface area contributed by atoms with Gasteiger partial charge in [0, 0.05) is 22.6 Å². The van der Waals surface area contributed by atoms with E-state index < -0.39 is 0 Å². The van der Waals surface area contributed by atoms with Crippen molar-refractivity contribution in [3.63, 3.8) is 0 Å². The number of amides is 1. The summed E-state index contributed by atoms with van der Waals surface area (Å²) in [6.45, 7) is 7.06. The van der Waals surface area contributed by atoms with Gasteiger partial charge < -0.3 is 10.2 Å². The molecule has 1 saturated heterocycles. The molecule has 21 heavy (non-hydrogen) atoms. The van der Waals surface area contributed by atoms with Crippen LogP contribution in [0.25, 0.3) is 0 Å². The van der Waals surface area contributed by atoms with E-state index in [1.807, 2.05) is 17.0 Å². The van der Waals surface area contributed by atoms with Crippen molar-refractivity contribution >= 4 is 33.4 Å². The molecule has 5 heteroatoms. The molecule has 0 spiro atoms. The SMILES string of the molecule is CC(C)N(CC1CCNCC1)C(=O)c1ccc(Br)c(Cl)c1. The van der Waals surface area contributed by atoms with Gasteiger partial charge in [0.05, 0.1) is 5.02 Å². The van der Waals surface area contributed by atoms with Crippen LogP contribution in [0.3, 0.4) is 0 Å². The Kier molecular flexibility index (Phi) is 6.08. The lowest BCUT2D eigenvalue weighted by atomic mass is 9.96. The maximum Gasteiger partial charge on any atom is 0.254 e. The fourth-order valence-corrected chi connectivity index (χ4v) is 3.09. The summed E-state index contributed by atoms with van der Waals surface area (Å²) in [5.74, 6) is 0.654. The predicted molar refractivity (Wildman–Crippen MR) is 90.9 cm³/mol. The minimum atomic E-state index is 0.0675. The lowest BCUT2D eigenvalue weighted by Crippen LogP contribution is -2.43. The fourth-order valence-electron chi connectivity index (χ4n) is 2.67. The number of hydrogen-bond donors (Lipinski definition) is 1. The molecule has 1 N–H and O–H groups in total. The number of halogens is 2. The summed E-state index contributed by atoms with van der Waals surface area (Å²) in [6.07, 6.45) is 2.27. The van der Waals surface area contributed by atoms with Crippen LogP contribution >= 0.6 is 27.5 Å². The zero-order chi connectivity index (χ0) is 15.4. The average Bonchev–Trinajstić information content (AvgIpc) is 2.47. The lowest BCUT2D eigenvalue weighted by Gasteiger charge is -2.33. The summed E-state index contributed by atoms with van der Waals surface area (Å²) in [5, 5.41) is 3.94. The van der Waals surface area contributed by atoms with Crippen molar-refractivity contribution in [3.05, 3.63) is 33.3 Å². The second kappa shape index (κ2) is 7.61. The zero-order valence-electron chi connectivity index (χ0n) is 12.5. The Labute approximate surface area is 140 Å². The molecule has 0 unspecified atom stereocenters. The molecule has 3 nitrogen and oxygen atoms in total. The Morgan fingerprint density at radius 3 is 2.67 bits per heavy atom. The third-order valence-corrected chi connectivity index (χ3v) is 5.20. The molecular weight excluding hydrogens is 352 g/mol. The Morgan fingerprint density at radius 2 is 2.10 bits per heavy atom. The molecule has 0 saturated carbocycles. The molecule has 1 heterocycles. The van der Waals surface area contributed by atoms with Crippen LogP contribution in [-0.4, -0.2) is 36.5 Å². The van der Waals surface area contributed by atoms with Crippen molar-refractivity contribution in [2.75, 3.05) is 19.6 Å². The van der Waals surface area contributed by atoms with Gasteiger partial charge in [-0.15, -0.1) is 0 Å². The second-order valence-electron chi connectivity index (χ2n) is 5.87. The van der Waals surface area contributed by atoms with E-state index in [9.17, 15) is 4.79 Å². The molecule has 1 fully saturated rings. The first kappa shape index (κ1) is 16.8. The van der Waals surface area contributed by atoms with Crippen molar-refractivity contribution in [3.8, 4) is 0 Å². The minimum absolute atomic E-state index is 0.0675. The summed E-state index contributed by atoms with van der Waals surface area (Å²) in [7, 11) is 0. The van der Waals surface area contributed by atoms with Crippen LogP contribution in [0.15, 0.2) is 22.7 Å². The number of carbonyl (C=O) groups excluding carboxylic acids is 1. The third kappa shape index (κ3) is 4.44. The molecule has 1 amide bonds. The number of piperidine rings is 1. The first-order valence-electron chi connectivity index (χ1n) is 7.45. The van der Waals surface area contributed by atoms with Crippen molar-refractivity contribution in [1.29, 1.82) is 0 Å². The van der Waals surface area contributed by atoms with Crippen molar-refractivity contribution in [2.24, 2.45) is 5.92 Å². The number of hydrogen-bond acceptors (Lipinski definition) is 2. The zero-order valence-corrected chi connectivity index (χ0v) is 14.9. The smallest absolute Gasteiger partial charge is 0.254 e. The second-order valence-corrected chi connectivity index (χ2v) is 7.14. The Morgan fingerprint density at radius 1 is 1.43 bits per heavy atom. The standard InChI is InChI=1S/C16H22BrClN2O/c1-11(2)20(10-12-5-7-19-8-6-12)16(21)13-3-4-14(17)15(18)9-13/h3-4,9,11-12,19H,5-8,10H2,1-2H3. The first-order chi connectivity index (χ1) is 9.99. The number of rotatable bonds is 4. The van der Waals surface area contributed by atoms with Crippen LogP contribution in [0.4, 0.5) is 0 Å². The molecule has 1 aromatic rings. The van der Waals surface area contributed by atoms with E-state index in [1.54, 1.807) is 6.07 Å². The van der Waals surface area contributed by atoms with Gasteiger partial charge in [-0.1, -0.05) is 11.6 Å². The van der Waals surface area contributed by atoms with Gasteiger partial charge in [-0.05, 0) is 79.8 Å². The maximum absolute atomic E-state index is 12.8. The first-order valence-corrected chi connectivity index (χ1v) is 8.63. The summed E-state index contributed by atoms with van der Waals surface area (Å²) >= 11 is 9.47. The largest absolute Gasteiger partial charge is 0.336 e. The van der Waals surface area contributed by atoms with Crippen molar-refractivity contribution in [2.45, 2.75) is 32.7 Å². The van der Waals surface area contributed by atoms with E-state index in [0.29, 0.717) is 16.5 Å². The highest BCUT2D eigenvalue weighted by Gasteiger charge is 2.24. The molecule has 116 valence electrons. The van der Waals surface area contributed by atoms with Crippen LogP contribution in [0, 0.1) is 5.92 Å². The van der Waals surface area contributed by atoms with Crippen LogP contribution < -0.4 is 5.32 Å². The van der Waals surface area contributed by atoms with E-state index in [2.05, 4.69) is 35.1 Å². The molecule has 0 bridgehead atoms. The number of benzene rings is 1. The highest BCUT2D eigenvalue weighted by atomic mass is 79.9. The topological polar surface area (TPSA) is 32.3 Å². The molecule has 0 atom stereocenters. The molecule has 0 aromatic heterocycles. The van der Waals surface area contributed by atoms with Gasteiger partial charge in [0.1, 0.15) is 0 Å². The van der Waals surface area contributed by atoms with E-state index >= 15 is 0 Å². The number of carbonyl (C=O) groups is 1. The van der Waals surface area contributed by atoms with Crippen LogP contribution in [-0.2, 0) is 0 Å². The molecule has 0 radical (unpaired) electrons. The van der Waals surface area contributed by atoms with Gasteiger partial charge in [0.25, 0.3) is 5.91 Å². The highest BCUT2D eigenvalue weighted by molar-refractivity contribution is 9.10. The molecule has 1 aliphatic heterocycles.